The molecule has 33 heavy (non-hydrogen) atoms. The molecule has 0 bridgehead atoms. The first-order valence-corrected chi connectivity index (χ1v) is 10.9. The Morgan fingerprint density at radius 1 is 1.03 bits per heavy atom. The van der Waals surface area contributed by atoms with Crippen LogP contribution in [-0.4, -0.2) is 28.5 Å². The van der Waals surface area contributed by atoms with Crippen molar-refractivity contribution in [2.45, 2.75) is 25.8 Å². The lowest BCUT2D eigenvalue weighted by atomic mass is 9.93. The van der Waals surface area contributed by atoms with Crippen molar-refractivity contribution in [1.82, 2.24) is 0 Å². The number of carbonyl (C=O) groups excluding carboxylic acids is 2. The van der Waals surface area contributed by atoms with Crippen molar-refractivity contribution in [2.24, 2.45) is 0 Å². The molecule has 2 heterocycles. The maximum Gasteiger partial charge on any atom is 0.300 e. The van der Waals surface area contributed by atoms with Gasteiger partial charge in [0, 0.05) is 11.3 Å². The van der Waals surface area contributed by atoms with Crippen LogP contribution in [0.4, 0.5) is 5.69 Å². The first-order valence-electron chi connectivity index (χ1n) is 10.9. The van der Waals surface area contributed by atoms with Gasteiger partial charge in [0.25, 0.3) is 11.7 Å². The Labute approximate surface area is 191 Å². The number of phenolic OH excluding ortho intramolecular Hbond substituents is 1. The number of ether oxygens (including phenoxy) is 1. The second-order valence-electron chi connectivity index (χ2n) is 8.37. The molecule has 2 aliphatic rings. The van der Waals surface area contributed by atoms with Gasteiger partial charge in [-0.3, -0.25) is 14.5 Å². The predicted molar refractivity (Wildman–Crippen MR) is 124 cm³/mol. The van der Waals surface area contributed by atoms with Gasteiger partial charge in [-0.05, 0) is 78.9 Å². The summed E-state index contributed by atoms with van der Waals surface area (Å²) in [5.41, 5.74) is 3.55. The number of anilines is 1. The van der Waals surface area contributed by atoms with Crippen LogP contribution in [0, 0.1) is 6.92 Å². The molecule has 3 aromatic rings. The molecule has 3 aromatic carbocycles. The van der Waals surface area contributed by atoms with Crippen LogP contribution in [0.3, 0.4) is 0 Å². The second-order valence-corrected chi connectivity index (χ2v) is 8.37. The molecule has 2 N–H and O–H groups in total. The third-order valence-electron chi connectivity index (χ3n) is 6.12. The van der Waals surface area contributed by atoms with Gasteiger partial charge in [-0.2, -0.15) is 0 Å². The Morgan fingerprint density at radius 3 is 2.58 bits per heavy atom. The smallest absolute Gasteiger partial charge is 0.300 e. The van der Waals surface area contributed by atoms with E-state index in [9.17, 15) is 19.8 Å². The number of Topliss-reactive ketones (excluding diaryl/α,β-unsaturated/α-hetero) is 1. The van der Waals surface area contributed by atoms with Gasteiger partial charge in [0.15, 0.2) is 0 Å². The van der Waals surface area contributed by atoms with E-state index in [1.165, 1.54) is 17.0 Å². The molecular weight excluding hydrogens is 418 g/mol. The molecular formula is C27H23NO5. The average Bonchev–Trinajstić information content (AvgIpc) is 3.09. The van der Waals surface area contributed by atoms with Crippen LogP contribution in [0.15, 0.2) is 72.3 Å². The van der Waals surface area contributed by atoms with Gasteiger partial charge < -0.3 is 14.9 Å². The van der Waals surface area contributed by atoms with Gasteiger partial charge in [-0.1, -0.05) is 24.3 Å². The highest BCUT2D eigenvalue weighted by Gasteiger charge is 2.47. The molecule has 1 fully saturated rings. The first-order chi connectivity index (χ1) is 15.9. The number of ketones is 1. The quantitative estimate of drug-likeness (QED) is 0.351. The lowest BCUT2D eigenvalue weighted by Gasteiger charge is -2.26. The summed E-state index contributed by atoms with van der Waals surface area (Å²) in [7, 11) is 0. The molecule has 0 spiro atoms. The van der Waals surface area contributed by atoms with Gasteiger partial charge >= 0.3 is 0 Å². The number of fused-ring (bicyclic) bond motifs is 1. The topological polar surface area (TPSA) is 87.1 Å². The number of benzene rings is 3. The van der Waals surface area contributed by atoms with Crippen LogP contribution in [0.25, 0.3) is 5.76 Å². The fourth-order valence-electron chi connectivity index (χ4n) is 4.51. The van der Waals surface area contributed by atoms with E-state index in [-0.39, 0.29) is 17.1 Å². The van der Waals surface area contributed by atoms with Gasteiger partial charge in [0.05, 0.1) is 18.2 Å². The lowest BCUT2D eigenvalue weighted by Crippen LogP contribution is -2.29. The van der Waals surface area contributed by atoms with Crippen LogP contribution in [0.5, 0.6) is 11.5 Å². The summed E-state index contributed by atoms with van der Waals surface area (Å²) in [6.45, 7) is 2.56. The van der Waals surface area contributed by atoms with Gasteiger partial charge in [-0.25, -0.2) is 0 Å². The minimum Gasteiger partial charge on any atom is -0.508 e. The van der Waals surface area contributed by atoms with Crippen LogP contribution < -0.4 is 9.64 Å². The van der Waals surface area contributed by atoms with Gasteiger partial charge in [-0.15, -0.1) is 0 Å². The number of carbonyl (C=O) groups is 2. The number of phenols is 1. The highest BCUT2D eigenvalue weighted by Crippen LogP contribution is 2.43. The standard InChI is InChI=1S/C27H23NO5/c1-16-4-2-6-20(14-16)28-24(17-7-10-21(29)11-8-17)23(26(31)27(28)32)25(30)19-9-12-22-18(15-19)5-3-13-33-22/h2,4,6-12,14-15,24,29-30H,3,5,13H2,1H3/b25-23-. The van der Waals surface area contributed by atoms with E-state index in [0.29, 0.717) is 23.4 Å². The maximum absolute atomic E-state index is 13.2. The zero-order valence-corrected chi connectivity index (χ0v) is 18.1. The number of aliphatic hydroxyl groups excluding tert-OH is 1. The summed E-state index contributed by atoms with van der Waals surface area (Å²) in [5.74, 6) is -0.841. The van der Waals surface area contributed by atoms with Crippen molar-refractivity contribution in [3.8, 4) is 11.5 Å². The Kier molecular flexibility index (Phi) is 5.13. The van der Waals surface area contributed by atoms with Gasteiger partial charge in [0.1, 0.15) is 17.3 Å². The van der Waals surface area contributed by atoms with Crippen molar-refractivity contribution in [3.63, 3.8) is 0 Å². The van der Waals surface area contributed by atoms with Crippen molar-refractivity contribution in [1.29, 1.82) is 0 Å². The fraction of sp³-hybridized carbons (Fsp3) is 0.185. The van der Waals surface area contributed by atoms with Crippen molar-refractivity contribution in [3.05, 3.63) is 94.6 Å². The third-order valence-corrected chi connectivity index (χ3v) is 6.12. The number of aliphatic hydroxyl groups is 1. The Bertz CT molecular complexity index is 1290. The van der Waals surface area contributed by atoms with Crippen molar-refractivity contribution >= 4 is 23.1 Å². The van der Waals surface area contributed by atoms with Crippen LogP contribution >= 0.6 is 0 Å². The molecule has 5 rings (SSSR count). The van der Waals surface area contributed by atoms with E-state index >= 15 is 0 Å². The molecule has 1 saturated heterocycles. The van der Waals surface area contributed by atoms with Crippen molar-refractivity contribution in [2.75, 3.05) is 11.5 Å². The highest BCUT2D eigenvalue weighted by molar-refractivity contribution is 6.51. The van der Waals surface area contributed by atoms with Gasteiger partial charge in [0.2, 0.25) is 0 Å². The molecule has 0 aromatic heterocycles. The first kappa shape index (κ1) is 20.8. The number of hydrogen-bond acceptors (Lipinski definition) is 5. The summed E-state index contributed by atoms with van der Waals surface area (Å²) in [4.78, 5) is 27.9. The molecule has 0 radical (unpaired) electrons. The molecule has 0 aliphatic carbocycles. The Morgan fingerprint density at radius 2 is 1.82 bits per heavy atom. The molecule has 166 valence electrons. The molecule has 1 unspecified atom stereocenters. The van der Waals surface area contributed by atoms with Crippen LogP contribution in [-0.2, 0) is 16.0 Å². The molecule has 0 saturated carbocycles. The maximum atomic E-state index is 13.2. The molecule has 6 nitrogen and oxygen atoms in total. The summed E-state index contributed by atoms with van der Waals surface area (Å²) >= 11 is 0. The molecule has 2 aliphatic heterocycles. The third kappa shape index (κ3) is 3.63. The SMILES string of the molecule is Cc1cccc(N2C(=O)C(=O)/C(=C(\O)c3ccc4c(c3)CCCO4)C2c2ccc(O)cc2)c1. The average molecular weight is 441 g/mol. The molecule has 6 heteroatoms. The van der Waals surface area contributed by atoms with E-state index in [4.69, 9.17) is 4.74 Å². The minimum absolute atomic E-state index is 0.0175. The van der Waals surface area contributed by atoms with Crippen molar-refractivity contribution < 1.29 is 24.5 Å². The van der Waals surface area contributed by atoms with Crippen LogP contribution in [0.1, 0.15) is 34.7 Å². The normalized spacial score (nSPS) is 19.3. The number of aryl methyl sites for hydroxylation is 2. The van der Waals surface area contributed by atoms with E-state index in [1.54, 1.807) is 30.3 Å². The van der Waals surface area contributed by atoms with E-state index < -0.39 is 17.7 Å². The van der Waals surface area contributed by atoms with E-state index in [0.717, 1.165) is 29.7 Å². The monoisotopic (exact) mass is 441 g/mol. The fourth-order valence-corrected chi connectivity index (χ4v) is 4.51. The van der Waals surface area contributed by atoms with Crippen LogP contribution in [0.2, 0.25) is 0 Å². The zero-order chi connectivity index (χ0) is 23.1. The number of hydrogen-bond donors (Lipinski definition) is 2. The molecule has 1 atom stereocenters. The molecule has 1 amide bonds. The minimum atomic E-state index is -0.834. The largest absolute Gasteiger partial charge is 0.508 e. The summed E-state index contributed by atoms with van der Waals surface area (Å²) in [5, 5.41) is 21.1. The highest BCUT2D eigenvalue weighted by atomic mass is 16.5. The summed E-state index contributed by atoms with van der Waals surface area (Å²) in [6.07, 6.45) is 1.69. The number of aromatic hydroxyl groups is 1. The predicted octanol–water partition coefficient (Wildman–Crippen LogP) is 4.65. The van der Waals surface area contributed by atoms with E-state index in [1.807, 2.05) is 31.2 Å². The summed E-state index contributed by atoms with van der Waals surface area (Å²) < 4.78 is 5.66. The lowest BCUT2D eigenvalue weighted by molar-refractivity contribution is -0.132. The number of nitrogens with zero attached hydrogens (tertiary/aromatic N) is 1. The number of amides is 1. The Balaban J connectivity index is 1.69. The van der Waals surface area contributed by atoms with E-state index in [2.05, 4.69) is 0 Å². The zero-order valence-electron chi connectivity index (χ0n) is 18.1. The second kappa shape index (κ2) is 8.13. The summed E-state index contributed by atoms with van der Waals surface area (Å²) in [6, 6.07) is 18.1. The Hall–Kier alpha value is -4.06. The number of rotatable bonds is 3.